The van der Waals surface area contributed by atoms with E-state index in [9.17, 15) is 29.1 Å². The lowest BCUT2D eigenvalue weighted by Gasteiger charge is -2.44. The molecule has 5 amide bonds. The molecule has 1 aromatic heterocycles. The minimum absolute atomic E-state index is 0.0363. The first-order chi connectivity index (χ1) is 23.4. The Morgan fingerprint density at radius 2 is 1.80 bits per heavy atom. The van der Waals surface area contributed by atoms with Crippen molar-refractivity contribution in [1.82, 2.24) is 20.0 Å². The fourth-order valence-electron chi connectivity index (χ4n) is 6.25. The number of anilines is 2. The molecule has 0 radical (unpaired) electrons. The number of carbonyl (C=O) groups excluding carboxylic acids is 5. The van der Waals surface area contributed by atoms with Crippen LogP contribution in [0.1, 0.15) is 53.0 Å². The van der Waals surface area contributed by atoms with Gasteiger partial charge in [0, 0.05) is 24.0 Å². The normalized spacial score (nSPS) is 18.3. The summed E-state index contributed by atoms with van der Waals surface area (Å²) >= 11 is 0. The molecule has 4 heterocycles. The van der Waals surface area contributed by atoms with Gasteiger partial charge in [-0.2, -0.15) is 5.10 Å². The zero-order chi connectivity index (χ0) is 34.7. The third-order valence-electron chi connectivity index (χ3n) is 9.11. The van der Waals surface area contributed by atoms with E-state index in [4.69, 9.17) is 6.57 Å². The van der Waals surface area contributed by atoms with Crippen LogP contribution in [0.25, 0.3) is 15.6 Å². The first-order valence-electron chi connectivity index (χ1n) is 15.5. The van der Waals surface area contributed by atoms with Crippen molar-refractivity contribution in [3.05, 3.63) is 95.1 Å². The SMILES string of the molecule is [C-]#[N+]c1ccc(NC(=O)C(C)(C)n2cc(C#CC3(O)CN(c4ccc5c(c4)C(=O)N(C4CCC(=O)NC4=O)C5=O)C3)cn2)c2ccccc12. The monoisotopic (exact) mass is 655 g/mol. The Balaban J connectivity index is 1.01. The van der Waals surface area contributed by atoms with Crippen LogP contribution in [-0.2, 0) is 19.9 Å². The largest absolute Gasteiger partial charge is 0.374 e. The topological polar surface area (TPSA) is 158 Å². The number of imide groups is 2. The van der Waals surface area contributed by atoms with E-state index in [0.29, 0.717) is 22.6 Å². The van der Waals surface area contributed by atoms with Gasteiger partial charge >= 0.3 is 0 Å². The van der Waals surface area contributed by atoms with Crippen molar-refractivity contribution in [3.8, 4) is 11.8 Å². The summed E-state index contributed by atoms with van der Waals surface area (Å²) < 4.78 is 1.50. The summed E-state index contributed by atoms with van der Waals surface area (Å²) in [6.07, 6.45) is 3.25. The first kappa shape index (κ1) is 31.3. The second-order valence-electron chi connectivity index (χ2n) is 12.8. The van der Waals surface area contributed by atoms with Crippen LogP contribution < -0.4 is 15.5 Å². The van der Waals surface area contributed by atoms with Crippen molar-refractivity contribution in [3.63, 3.8) is 0 Å². The lowest BCUT2D eigenvalue weighted by atomic mass is 9.93. The summed E-state index contributed by atoms with van der Waals surface area (Å²) in [5.74, 6) is 3.21. The second-order valence-corrected chi connectivity index (χ2v) is 12.8. The van der Waals surface area contributed by atoms with E-state index < -0.39 is 40.8 Å². The number of β-amino-alcohol motifs (C(OH)–C–C–N with tert-alkyl or cyclic N) is 1. The van der Waals surface area contributed by atoms with E-state index in [-0.39, 0.29) is 43.0 Å². The lowest BCUT2D eigenvalue weighted by Crippen LogP contribution is -2.61. The number of amides is 5. The van der Waals surface area contributed by atoms with Crippen molar-refractivity contribution in [2.75, 3.05) is 23.3 Å². The first-order valence-corrected chi connectivity index (χ1v) is 15.5. The summed E-state index contributed by atoms with van der Waals surface area (Å²) in [5, 5.41) is 22.1. The average molecular weight is 656 g/mol. The maximum Gasteiger partial charge on any atom is 0.262 e. The van der Waals surface area contributed by atoms with Gasteiger partial charge in [0.1, 0.15) is 11.6 Å². The molecule has 3 aliphatic rings. The van der Waals surface area contributed by atoms with Gasteiger partial charge in [-0.1, -0.05) is 42.2 Å². The number of rotatable bonds is 5. The molecule has 49 heavy (non-hydrogen) atoms. The van der Waals surface area contributed by atoms with E-state index in [1.807, 2.05) is 29.2 Å². The Morgan fingerprint density at radius 3 is 2.53 bits per heavy atom. The molecule has 2 saturated heterocycles. The summed E-state index contributed by atoms with van der Waals surface area (Å²) in [6, 6.07) is 14.5. The number of benzene rings is 3. The highest BCUT2D eigenvalue weighted by Crippen LogP contribution is 2.35. The fourth-order valence-corrected chi connectivity index (χ4v) is 6.25. The summed E-state index contributed by atoms with van der Waals surface area (Å²) in [6.45, 7) is 11.1. The van der Waals surface area contributed by atoms with Gasteiger partial charge in [0.25, 0.3) is 17.7 Å². The Morgan fingerprint density at radius 1 is 1.06 bits per heavy atom. The molecule has 2 fully saturated rings. The Hall–Kier alpha value is -6.31. The van der Waals surface area contributed by atoms with Gasteiger partial charge in [-0.15, -0.1) is 0 Å². The minimum atomic E-state index is -1.36. The number of fused-ring (bicyclic) bond motifs is 2. The number of nitrogens with one attached hydrogen (secondary N) is 2. The molecule has 4 aromatic rings. The van der Waals surface area contributed by atoms with Crippen LogP contribution in [0.4, 0.5) is 17.1 Å². The van der Waals surface area contributed by atoms with E-state index >= 15 is 0 Å². The molecule has 244 valence electrons. The van der Waals surface area contributed by atoms with E-state index in [1.165, 1.54) is 16.9 Å². The van der Waals surface area contributed by atoms with Crippen LogP contribution in [0.2, 0.25) is 0 Å². The number of piperidine rings is 1. The average Bonchev–Trinajstić information content (AvgIpc) is 3.65. The third-order valence-corrected chi connectivity index (χ3v) is 9.11. The van der Waals surface area contributed by atoms with Gasteiger partial charge in [0.05, 0.1) is 42.5 Å². The van der Waals surface area contributed by atoms with Crippen molar-refractivity contribution < 1.29 is 29.1 Å². The van der Waals surface area contributed by atoms with Crippen molar-refractivity contribution in [1.29, 1.82) is 0 Å². The van der Waals surface area contributed by atoms with Crippen LogP contribution in [0.5, 0.6) is 0 Å². The van der Waals surface area contributed by atoms with Gasteiger partial charge in [0.2, 0.25) is 11.8 Å². The number of hydrogen-bond donors (Lipinski definition) is 3. The molecule has 0 bridgehead atoms. The third kappa shape index (κ3) is 5.36. The Labute approximate surface area is 280 Å². The van der Waals surface area contributed by atoms with Crippen LogP contribution >= 0.6 is 0 Å². The molecule has 0 aliphatic carbocycles. The number of hydrogen-bond acceptors (Lipinski definition) is 8. The molecule has 3 aromatic carbocycles. The van der Waals surface area contributed by atoms with Crippen LogP contribution in [0.15, 0.2) is 67.0 Å². The standard InChI is InChI=1S/C36H29N7O6/c1-35(2,34(48)39-28-11-10-27(37-3)23-6-4-5-7-24(23)28)42-18-21(17-38-42)14-15-36(49)19-41(20-36)22-8-9-25-26(16-22)33(47)43(32(25)46)29-12-13-30(44)40-31(29)45/h4-11,16-18,29,49H,12-13,19-20H2,1-2H3,(H,39,48)(H,40,44,45). The maximum absolute atomic E-state index is 13.4. The van der Waals surface area contributed by atoms with Gasteiger partial charge in [-0.25, -0.2) is 4.85 Å². The van der Waals surface area contributed by atoms with Crippen LogP contribution in [-0.4, -0.2) is 74.1 Å². The Kier molecular flexibility index (Phi) is 7.30. The quantitative estimate of drug-likeness (QED) is 0.168. The second kappa shape index (κ2) is 11.4. The van der Waals surface area contributed by atoms with Gasteiger partial charge in [-0.05, 0) is 55.3 Å². The number of aromatic nitrogens is 2. The highest BCUT2D eigenvalue weighted by molar-refractivity contribution is 6.23. The predicted octanol–water partition coefficient (Wildman–Crippen LogP) is 2.96. The molecule has 1 atom stereocenters. The molecule has 3 aliphatic heterocycles. The molecule has 0 spiro atoms. The molecule has 13 heteroatoms. The summed E-state index contributed by atoms with van der Waals surface area (Å²) in [5.41, 5.74) is 0.0426. The van der Waals surface area contributed by atoms with Crippen molar-refractivity contribution in [2.45, 2.75) is 43.9 Å². The highest BCUT2D eigenvalue weighted by Gasteiger charge is 2.46. The molecular formula is C36H29N7O6. The number of aliphatic hydroxyl groups is 1. The van der Waals surface area contributed by atoms with Gasteiger partial charge in [-0.3, -0.25) is 38.9 Å². The van der Waals surface area contributed by atoms with Crippen LogP contribution in [0.3, 0.4) is 0 Å². The maximum atomic E-state index is 13.4. The summed E-state index contributed by atoms with van der Waals surface area (Å²) in [7, 11) is 0. The van der Waals surface area contributed by atoms with Crippen molar-refractivity contribution >= 4 is 57.4 Å². The zero-order valence-electron chi connectivity index (χ0n) is 26.5. The Bertz CT molecular complexity index is 2230. The van der Waals surface area contributed by atoms with E-state index in [1.54, 1.807) is 44.3 Å². The molecule has 13 nitrogen and oxygen atoms in total. The number of carbonyl (C=O) groups is 5. The molecule has 3 N–H and O–H groups in total. The molecular weight excluding hydrogens is 626 g/mol. The molecule has 7 rings (SSSR count). The van der Waals surface area contributed by atoms with Gasteiger partial charge < -0.3 is 15.3 Å². The highest BCUT2D eigenvalue weighted by atomic mass is 16.3. The molecule has 1 unspecified atom stereocenters. The molecule has 0 saturated carbocycles. The smallest absolute Gasteiger partial charge is 0.262 e. The van der Waals surface area contributed by atoms with Crippen LogP contribution in [0, 0.1) is 18.4 Å². The lowest BCUT2D eigenvalue weighted by molar-refractivity contribution is -0.136. The fraction of sp³-hybridized carbons (Fsp3) is 0.250. The summed E-state index contributed by atoms with van der Waals surface area (Å²) in [4.78, 5) is 69.8. The minimum Gasteiger partial charge on any atom is -0.374 e. The van der Waals surface area contributed by atoms with Crippen molar-refractivity contribution in [2.24, 2.45) is 0 Å². The van der Waals surface area contributed by atoms with E-state index in [0.717, 1.165) is 15.7 Å². The van der Waals surface area contributed by atoms with Gasteiger partial charge in [0.15, 0.2) is 11.3 Å². The number of nitrogens with zero attached hydrogens (tertiary/aromatic N) is 5. The zero-order valence-corrected chi connectivity index (χ0v) is 26.5. The van der Waals surface area contributed by atoms with E-state index in [2.05, 4.69) is 32.4 Å². The predicted molar refractivity (Wildman–Crippen MR) is 178 cm³/mol.